The quantitative estimate of drug-likeness (QED) is 0.0339. The molecule has 0 saturated carbocycles. The van der Waals surface area contributed by atoms with Crippen molar-refractivity contribution in [2.24, 2.45) is 39.6 Å². The van der Waals surface area contributed by atoms with E-state index in [1.54, 1.807) is 33.8 Å². The highest BCUT2D eigenvalue weighted by Crippen LogP contribution is 2.61. The zero-order valence-electron chi connectivity index (χ0n) is 49.8. The summed E-state index contributed by atoms with van der Waals surface area (Å²) in [7, 11) is -8.98. The van der Waals surface area contributed by atoms with Gasteiger partial charge in [0, 0.05) is 107 Å². The van der Waals surface area contributed by atoms with Crippen LogP contribution in [0.15, 0.2) is 46.1 Å². The number of esters is 3. The number of unbranched alkanes of at least 4 members (excludes halogenated alkanes) is 1. The zero-order valence-corrected chi connectivity index (χ0v) is 51.6. The summed E-state index contributed by atoms with van der Waals surface area (Å²) >= 11 is 0. The Balaban J connectivity index is 1.45. The van der Waals surface area contributed by atoms with E-state index in [1.165, 1.54) is 71.1 Å². The molecule has 84 heavy (non-hydrogen) atoms. The standard InChI is InChI=1S/C57H83N5O20P2/c1-30(2)28-62-23-20-57(21-24-62)59-45-42-43-49(67)36(8)53-44(42)54(69)56(11,82-53)79-26-19-39(77-12)33(5)52(80-38(10)64)35(7)48(66)34(6)51(31(3)16-15-17-32(4)55(70)58-47(50(43)68)46(45)60-57)81-40(65)29-61(25-27-78-37(9)63)22-14-13-18-41(83(71,72)73)84(74,75)76/h15-17,19,26,30-31,33-35,39,41,48,51-52,59,66-68H,13-14,18,20-25,27-29H2,1-12H3,(H2,71,72,73)(H2,74,75,76)/b16-15+,26-19+,32-17-,58-47?/t31-,33+,34-,35+,39-,48+,51-,52+,56-/m0/s1. The molecule has 6 rings (SSSR count). The lowest BCUT2D eigenvalue weighted by Crippen LogP contribution is -2.48. The summed E-state index contributed by atoms with van der Waals surface area (Å²) in [6, 6.07) is 0. The number of hydrogen-bond donors (Lipinski definition) is 8. The number of phenols is 2. The summed E-state index contributed by atoms with van der Waals surface area (Å²) in [6.45, 7) is 19.3. The van der Waals surface area contributed by atoms with Gasteiger partial charge >= 0.3 is 38.9 Å². The first-order chi connectivity index (χ1) is 39.1. The number of amides is 1. The number of aromatic hydroxyl groups is 2. The van der Waals surface area contributed by atoms with Crippen molar-refractivity contribution in [3.05, 3.63) is 58.0 Å². The second-order valence-electron chi connectivity index (χ2n) is 23.2. The smallest absolute Gasteiger partial charge is 0.340 e. The minimum absolute atomic E-state index is 0.0124. The van der Waals surface area contributed by atoms with Crippen molar-refractivity contribution in [1.29, 1.82) is 0 Å². The van der Waals surface area contributed by atoms with Crippen LogP contribution >= 0.6 is 15.2 Å². The minimum Gasteiger partial charge on any atom is -0.507 e. The van der Waals surface area contributed by atoms with Crippen LogP contribution in [-0.2, 0) is 52.0 Å². The number of rotatable bonds is 17. The predicted octanol–water partition coefficient (Wildman–Crippen LogP) is 5.02. The molecule has 4 aliphatic heterocycles. The largest absolute Gasteiger partial charge is 0.507 e. The first kappa shape index (κ1) is 67.5. The van der Waals surface area contributed by atoms with Gasteiger partial charge in [0.05, 0.1) is 41.7 Å². The number of phenolic OH excluding ortho intramolecular Hbond substituents is 2. The lowest BCUT2D eigenvalue weighted by molar-refractivity contribution is -0.166. The number of carbonyl (C=O) groups is 5. The third-order valence-corrected chi connectivity index (χ3v) is 20.0. The second kappa shape index (κ2) is 27.4. The molecule has 4 aliphatic rings. The minimum atomic E-state index is -5.19. The molecule has 1 amide bonds. The number of aliphatic hydroxyl groups is 1. The Morgan fingerprint density at radius 2 is 1.52 bits per heavy atom. The highest BCUT2D eigenvalue weighted by molar-refractivity contribution is 7.70. The van der Waals surface area contributed by atoms with Gasteiger partial charge in [0.2, 0.25) is 0 Å². The molecule has 2 aromatic carbocycles. The molecular formula is C57H83N5O20P2. The van der Waals surface area contributed by atoms with Crippen molar-refractivity contribution in [3.63, 3.8) is 0 Å². The van der Waals surface area contributed by atoms with Gasteiger partial charge in [-0.25, -0.2) is 4.99 Å². The Hall–Kier alpha value is -5.59. The number of ether oxygens (including phenoxy) is 6. The van der Waals surface area contributed by atoms with E-state index in [2.05, 4.69) is 29.1 Å². The molecular weight excluding hydrogens is 1140 g/mol. The van der Waals surface area contributed by atoms with Gasteiger partial charge in [-0.1, -0.05) is 66.2 Å². The summed E-state index contributed by atoms with van der Waals surface area (Å²) in [5.74, 6) is -9.66. The second-order valence-corrected chi connectivity index (χ2v) is 27.2. The van der Waals surface area contributed by atoms with Gasteiger partial charge in [-0.15, -0.1) is 0 Å². The number of nitrogens with zero attached hydrogens (tertiary/aromatic N) is 4. The summed E-state index contributed by atoms with van der Waals surface area (Å²) < 4.78 is 59.5. The molecule has 9 atom stereocenters. The van der Waals surface area contributed by atoms with Crippen LogP contribution in [0.2, 0.25) is 0 Å². The number of anilines is 1. The number of ketones is 1. The number of likely N-dealkylation sites (tertiary alicyclic amines) is 1. The molecule has 0 aromatic heterocycles. The van der Waals surface area contributed by atoms with Crippen molar-refractivity contribution in [2.45, 2.75) is 150 Å². The Kier molecular flexibility index (Phi) is 22.0. The normalized spacial score (nSPS) is 27.4. The fourth-order valence-electron chi connectivity index (χ4n) is 11.6. The number of aliphatic hydroxyl groups excluding tert-OH is 1. The number of allylic oxidation sites excluding steroid dienone is 2. The van der Waals surface area contributed by atoms with Crippen LogP contribution in [-0.4, -0.2) is 169 Å². The SMILES string of the molecule is CO[C@H]1/C=C/O[C@@]2(C)Oc3c(C)c(O)c4c(O)c(c5c(c4c3C2=O)NC2(CCN(CC(C)C)CC2)N=5)=NC(=O)/C(C)=C\C=C\[C@H](C)[C@H](OC(=O)CN(CCCCC(P(=O)(O)O)P(=O)(O)O)CCOC(C)=O)[C@@H](C)[C@@H](O)[C@@H](C)[C@H](OC(C)=O)[C@@H]1C. The Morgan fingerprint density at radius 1 is 0.881 bits per heavy atom. The van der Waals surface area contributed by atoms with Gasteiger partial charge in [-0.2, -0.15) is 0 Å². The van der Waals surface area contributed by atoms with Gasteiger partial charge < -0.3 is 73.5 Å². The molecule has 1 saturated heterocycles. The number of Topliss-reactive ketones (excluding diaryl/α,β-unsaturated/α-hetero) is 1. The lowest BCUT2D eigenvalue weighted by atomic mass is 9.78. The van der Waals surface area contributed by atoms with Crippen molar-refractivity contribution in [1.82, 2.24) is 9.80 Å². The Labute approximate surface area is 488 Å². The summed E-state index contributed by atoms with van der Waals surface area (Å²) in [5.41, 5.74) is -0.558. The summed E-state index contributed by atoms with van der Waals surface area (Å²) in [5, 5.41) is 37.8. The lowest BCUT2D eigenvalue weighted by Gasteiger charge is -2.39. The molecule has 4 bridgehead atoms. The van der Waals surface area contributed by atoms with Crippen molar-refractivity contribution in [3.8, 4) is 17.2 Å². The summed E-state index contributed by atoms with van der Waals surface area (Å²) in [4.78, 5) is 120. The number of piperidine rings is 1. The molecule has 0 unspecified atom stereocenters. The van der Waals surface area contributed by atoms with Gasteiger partial charge in [0.25, 0.3) is 11.7 Å². The maximum atomic E-state index is 15.0. The predicted molar refractivity (Wildman–Crippen MR) is 306 cm³/mol. The van der Waals surface area contributed by atoms with E-state index in [4.69, 9.17) is 33.4 Å². The van der Waals surface area contributed by atoms with E-state index in [0.717, 1.165) is 6.54 Å². The van der Waals surface area contributed by atoms with E-state index >= 15 is 0 Å². The number of nitrogens with one attached hydrogen (secondary N) is 1. The molecule has 0 aliphatic carbocycles. The third-order valence-electron chi connectivity index (χ3n) is 16.2. The molecule has 8 N–H and O–H groups in total. The summed E-state index contributed by atoms with van der Waals surface area (Å²) in [6.07, 6.45) is 3.25. The van der Waals surface area contributed by atoms with Crippen LogP contribution in [0.4, 0.5) is 5.69 Å². The van der Waals surface area contributed by atoms with Crippen LogP contribution in [0.3, 0.4) is 0 Å². The average molecular weight is 1220 g/mol. The van der Waals surface area contributed by atoms with Crippen molar-refractivity contribution in [2.75, 3.05) is 58.3 Å². The fraction of sp³-hybridized carbons (Fsp3) is 0.632. The van der Waals surface area contributed by atoms with E-state index in [-0.39, 0.29) is 82.2 Å². The maximum Gasteiger partial charge on any atom is 0.340 e. The highest BCUT2D eigenvalue weighted by Gasteiger charge is 2.51. The van der Waals surface area contributed by atoms with Crippen LogP contribution in [0.5, 0.6) is 17.2 Å². The maximum absolute atomic E-state index is 15.0. The number of fused-ring (bicyclic) bond motifs is 1. The highest BCUT2D eigenvalue weighted by atomic mass is 31.2. The van der Waals surface area contributed by atoms with Crippen LogP contribution < -0.4 is 20.8 Å². The average Bonchev–Trinajstić information content (AvgIpc) is 1.67. The zero-order chi connectivity index (χ0) is 62.6. The Morgan fingerprint density at radius 3 is 2.12 bits per heavy atom. The monoisotopic (exact) mass is 1220 g/mol. The van der Waals surface area contributed by atoms with Crippen LogP contribution in [0, 0.1) is 36.5 Å². The number of methoxy groups -OCH3 is 1. The van der Waals surface area contributed by atoms with Gasteiger partial charge in [0.15, 0.2) is 11.1 Å². The van der Waals surface area contributed by atoms with Gasteiger partial charge in [-0.05, 0) is 45.2 Å². The van der Waals surface area contributed by atoms with E-state index < -0.39 is 134 Å². The number of carbonyl (C=O) groups excluding carboxylic acids is 5. The molecule has 2 aromatic rings. The van der Waals surface area contributed by atoms with E-state index in [1.807, 2.05) is 0 Å². The van der Waals surface area contributed by atoms with Gasteiger partial charge in [0.1, 0.15) is 46.7 Å². The fourth-order valence-corrected chi connectivity index (χ4v) is 14.2. The molecule has 0 radical (unpaired) electrons. The number of hydrogen-bond acceptors (Lipinski definition) is 20. The Bertz CT molecular complexity index is 3130. The topological polar surface area (TPSA) is 360 Å². The van der Waals surface area contributed by atoms with Crippen LogP contribution in [0.25, 0.3) is 10.8 Å². The molecule has 466 valence electrons. The molecule has 1 fully saturated rings. The van der Waals surface area contributed by atoms with E-state index in [9.17, 15) is 68.0 Å². The van der Waals surface area contributed by atoms with E-state index in [0.29, 0.717) is 31.8 Å². The van der Waals surface area contributed by atoms with Gasteiger partial charge in [-0.3, -0.25) is 43.0 Å². The number of benzene rings is 2. The van der Waals surface area contributed by atoms with Crippen LogP contribution in [0.1, 0.15) is 117 Å². The molecule has 1 spiro atoms. The first-order valence-electron chi connectivity index (χ1n) is 28.2. The van der Waals surface area contributed by atoms with Crippen molar-refractivity contribution >= 4 is 61.2 Å². The molecule has 25 nitrogen and oxygen atoms in total. The molecule has 27 heteroatoms. The van der Waals surface area contributed by atoms with Crippen molar-refractivity contribution < 1.29 is 96.4 Å². The molecule has 4 heterocycles. The first-order valence-corrected chi connectivity index (χ1v) is 31.6. The third kappa shape index (κ3) is 15.5.